The molecule has 1 aliphatic carbocycles. The van der Waals surface area contributed by atoms with Crippen LogP contribution in [0.1, 0.15) is 31.7 Å². The summed E-state index contributed by atoms with van der Waals surface area (Å²) in [5.41, 5.74) is 1.46. The SMILES string of the molecule is COc1ccc(C2(C)CCC(Cl)C2)cc1OC. The maximum absolute atomic E-state index is 6.22. The molecule has 2 unspecified atom stereocenters. The Bertz CT molecular complexity index is 405. The molecule has 0 radical (unpaired) electrons. The number of ether oxygens (including phenoxy) is 2. The summed E-state index contributed by atoms with van der Waals surface area (Å²) < 4.78 is 10.6. The Hall–Kier alpha value is -0.890. The minimum absolute atomic E-state index is 0.173. The van der Waals surface area contributed by atoms with E-state index in [1.807, 2.05) is 6.07 Å². The molecule has 0 aliphatic heterocycles. The summed E-state index contributed by atoms with van der Waals surface area (Å²) in [4.78, 5) is 0. The second kappa shape index (κ2) is 4.77. The summed E-state index contributed by atoms with van der Waals surface area (Å²) >= 11 is 6.22. The van der Waals surface area contributed by atoms with Gasteiger partial charge in [-0.15, -0.1) is 11.6 Å². The van der Waals surface area contributed by atoms with Gasteiger partial charge in [-0.2, -0.15) is 0 Å². The molecule has 1 aliphatic rings. The molecule has 0 N–H and O–H groups in total. The Morgan fingerprint density at radius 1 is 1.24 bits per heavy atom. The van der Waals surface area contributed by atoms with E-state index in [9.17, 15) is 0 Å². The fourth-order valence-electron chi connectivity index (χ4n) is 2.64. The van der Waals surface area contributed by atoms with Gasteiger partial charge in [-0.1, -0.05) is 13.0 Å². The van der Waals surface area contributed by atoms with Gasteiger partial charge in [0.2, 0.25) is 0 Å². The van der Waals surface area contributed by atoms with E-state index in [4.69, 9.17) is 21.1 Å². The highest BCUT2D eigenvalue weighted by molar-refractivity contribution is 6.20. The number of halogens is 1. The van der Waals surface area contributed by atoms with Crippen LogP contribution in [0.3, 0.4) is 0 Å². The van der Waals surface area contributed by atoms with Crippen LogP contribution in [0.5, 0.6) is 11.5 Å². The van der Waals surface area contributed by atoms with Crippen molar-refractivity contribution in [2.24, 2.45) is 0 Å². The van der Waals surface area contributed by atoms with Gasteiger partial charge in [0.25, 0.3) is 0 Å². The first kappa shape index (κ1) is 12.6. The van der Waals surface area contributed by atoms with Crippen molar-refractivity contribution < 1.29 is 9.47 Å². The third kappa shape index (κ3) is 2.37. The van der Waals surface area contributed by atoms with Gasteiger partial charge in [0, 0.05) is 5.38 Å². The molecule has 0 saturated heterocycles. The van der Waals surface area contributed by atoms with Crippen molar-refractivity contribution in [3.63, 3.8) is 0 Å². The molecule has 0 amide bonds. The van der Waals surface area contributed by atoms with Gasteiger partial charge in [-0.05, 0) is 42.4 Å². The highest BCUT2D eigenvalue weighted by Crippen LogP contribution is 2.44. The smallest absolute Gasteiger partial charge is 0.161 e. The lowest BCUT2D eigenvalue weighted by Gasteiger charge is -2.25. The van der Waals surface area contributed by atoms with E-state index < -0.39 is 0 Å². The van der Waals surface area contributed by atoms with Crippen molar-refractivity contribution in [3.8, 4) is 11.5 Å². The maximum Gasteiger partial charge on any atom is 0.161 e. The molecule has 1 aromatic carbocycles. The molecule has 2 nitrogen and oxygen atoms in total. The van der Waals surface area contributed by atoms with Gasteiger partial charge >= 0.3 is 0 Å². The summed E-state index contributed by atoms with van der Waals surface area (Å²) in [7, 11) is 3.33. The van der Waals surface area contributed by atoms with E-state index in [2.05, 4.69) is 19.1 Å². The lowest BCUT2D eigenvalue weighted by Crippen LogP contribution is -2.18. The molecule has 2 rings (SSSR count). The Morgan fingerprint density at radius 3 is 2.47 bits per heavy atom. The Balaban J connectivity index is 2.33. The molecule has 1 fully saturated rings. The van der Waals surface area contributed by atoms with Gasteiger partial charge in [-0.25, -0.2) is 0 Å². The van der Waals surface area contributed by atoms with Crippen molar-refractivity contribution >= 4 is 11.6 Å². The van der Waals surface area contributed by atoms with Gasteiger partial charge in [0.15, 0.2) is 11.5 Å². The number of hydrogen-bond donors (Lipinski definition) is 0. The van der Waals surface area contributed by atoms with Crippen LogP contribution in [0.25, 0.3) is 0 Å². The van der Waals surface area contributed by atoms with Crippen LogP contribution in [0.15, 0.2) is 18.2 Å². The summed E-state index contributed by atoms with van der Waals surface area (Å²) in [5.74, 6) is 1.57. The van der Waals surface area contributed by atoms with Crippen LogP contribution in [0.4, 0.5) is 0 Å². The molecule has 0 heterocycles. The second-order valence-corrected chi connectivity index (χ2v) is 5.59. The highest BCUT2D eigenvalue weighted by Gasteiger charge is 2.36. The Kier molecular flexibility index (Phi) is 3.53. The standard InChI is InChI=1S/C14H19ClO2/c1-14(7-6-11(15)9-14)10-4-5-12(16-2)13(8-10)17-3/h4-5,8,11H,6-7,9H2,1-3H3. The van der Waals surface area contributed by atoms with Gasteiger partial charge < -0.3 is 9.47 Å². The second-order valence-electron chi connectivity index (χ2n) is 4.97. The molecule has 1 saturated carbocycles. The average Bonchev–Trinajstić information content (AvgIpc) is 2.69. The molecule has 0 bridgehead atoms. The quantitative estimate of drug-likeness (QED) is 0.765. The van der Waals surface area contributed by atoms with Crippen molar-refractivity contribution in [2.75, 3.05) is 14.2 Å². The minimum Gasteiger partial charge on any atom is -0.493 e. The van der Waals surface area contributed by atoms with E-state index >= 15 is 0 Å². The molecule has 17 heavy (non-hydrogen) atoms. The zero-order chi connectivity index (χ0) is 12.5. The minimum atomic E-state index is 0.173. The molecule has 2 atom stereocenters. The molecule has 94 valence electrons. The average molecular weight is 255 g/mol. The van der Waals surface area contributed by atoms with Crippen molar-refractivity contribution in [2.45, 2.75) is 37.0 Å². The number of rotatable bonds is 3. The normalized spacial score (nSPS) is 28.1. The maximum atomic E-state index is 6.22. The molecular weight excluding hydrogens is 236 g/mol. The predicted molar refractivity (Wildman–Crippen MR) is 70.4 cm³/mol. The van der Waals surface area contributed by atoms with E-state index in [1.54, 1.807) is 14.2 Å². The zero-order valence-corrected chi connectivity index (χ0v) is 11.4. The van der Waals surface area contributed by atoms with Gasteiger partial charge in [0.1, 0.15) is 0 Å². The van der Waals surface area contributed by atoms with Crippen molar-refractivity contribution in [1.82, 2.24) is 0 Å². The van der Waals surface area contributed by atoms with E-state index in [1.165, 1.54) is 5.56 Å². The first-order valence-electron chi connectivity index (χ1n) is 5.95. The fourth-order valence-corrected chi connectivity index (χ4v) is 3.09. The topological polar surface area (TPSA) is 18.5 Å². The summed E-state index contributed by atoms with van der Waals surface area (Å²) in [6.45, 7) is 2.27. The van der Waals surface area contributed by atoms with E-state index in [-0.39, 0.29) is 5.41 Å². The Morgan fingerprint density at radius 2 is 1.94 bits per heavy atom. The summed E-state index contributed by atoms with van der Waals surface area (Å²) in [6.07, 6.45) is 3.26. The van der Waals surface area contributed by atoms with Gasteiger partial charge in [-0.3, -0.25) is 0 Å². The van der Waals surface area contributed by atoms with Crippen molar-refractivity contribution in [1.29, 1.82) is 0 Å². The van der Waals surface area contributed by atoms with E-state index in [0.717, 1.165) is 30.8 Å². The monoisotopic (exact) mass is 254 g/mol. The number of hydrogen-bond acceptors (Lipinski definition) is 2. The lowest BCUT2D eigenvalue weighted by molar-refractivity contribution is 0.352. The number of alkyl halides is 1. The zero-order valence-electron chi connectivity index (χ0n) is 10.6. The summed E-state index contributed by atoms with van der Waals surface area (Å²) in [5, 5.41) is 0.299. The van der Waals surface area contributed by atoms with Crippen molar-refractivity contribution in [3.05, 3.63) is 23.8 Å². The number of methoxy groups -OCH3 is 2. The van der Waals surface area contributed by atoms with Crippen LogP contribution in [-0.4, -0.2) is 19.6 Å². The first-order chi connectivity index (χ1) is 8.09. The fraction of sp³-hybridized carbons (Fsp3) is 0.571. The van der Waals surface area contributed by atoms with Crippen LogP contribution < -0.4 is 9.47 Å². The molecule has 0 spiro atoms. The largest absolute Gasteiger partial charge is 0.493 e. The highest BCUT2D eigenvalue weighted by atomic mass is 35.5. The van der Waals surface area contributed by atoms with Gasteiger partial charge in [0.05, 0.1) is 14.2 Å². The molecular formula is C14H19ClO2. The molecule has 3 heteroatoms. The third-order valence-electron chi connectivity index (χ3n) is 3.76. The van der Waals surface area contributed by atoms with Crippen LogP contribution >= 0.6 is 11.6 Å². The summed E-state index contributed by atoms with van der Waals surface area (Å²) in [6, 6.07) is 6.17. The van der Waals surface area contributed by atoms with Crippen LogP contribution in [0.2, 0.25) is 0 Å². The predicted octanol–water partition coefficient (Wildman–Crippen LogP) is 3.75. The number of benzene rings is 1. The van der Waals surface area contributed by atoms with E-state index in [0.29, 0.717) is 5.38 Å². The third-order valence-corrected chi connectivity index (χ3v) is 4.13. The van der Waals surface area contributed by atoms with Crippen LogP contribution in [0, 0.1) is 0 Å². The Labute approximate surface area is 108 Å². The lowest BCUT2D eigenvalue weighted by atomic mass is 9.81. The van der Waals surface area contributed by atoms with Crippen LogP contribution in [-0.2, 0) is 5.41 Å². The first-order valence-corrected chi connectivity index (χ1v) is 6.39. The molecule has 1 aromatic rings. The molecule has 0 aromatic heterocycles.